The molecule has 3 atom stereocenters. The van der Waals surface area contributed by atoms with Gasteiger partial charge in [0.05, 0.1) is 12.1 Å². The first-order valence-corrected chi connectivity index (χ1v) is 5.25. The number of hydrogen-bond donors (Lipinski definition) is 1. The maximum Gasteiger partial charge on any atom is 0.187 e. The zero-order chi connectivity index (χ0) is 8.84. The number of aliphatic imine (C=N–C) groups is 1. The molecule has 0 aromatic heterocycles. The number of aliphatic hydroxyl groups is 1. The number of nitrogens with zero attached hydrogens (tertiary/aromatic N) is 1. The van der Waals surface area contributed by atoms with Gasteiger partial charge in [-0.25, -0.2) is 4.99 Å². The second-order valence-electron chi connectivity index (χ2n) is 4.43. The third-order valence-corrected chi connectivity index (χ3v) is 3.22. The summed E-state index contributed by atoms with van der Waals surface area (Å²) in [5.74, 6) is 1.62. The van der Waals surface area contributed by atoms with Crippen LogP contribution in [0, 0.1) is 5.92 Å². The quantitative estimate of drug-likeness (QED) is 0.658. The van der Waals surface area contributed by atoms with E-state index in [2.05, 4.69) is 4.99 Å². The Hall–Kier alpha value is -0.570. The smallest absolute Gasteiger partial charge is 0.187 e. The van der Waals surface area contributed by atoms with E-state index in [1.807, 2.05) is 0 Å². The topological polar surface area (TPSA) is 41.8 Å². The van der Waals surface area contributed by atoms with Crippen LogP contribution in [-0.2, 0) is 4.74 Å². The van der Waals surface area contributed by atoms with E-state index in [1.165, 1.54) is 12.8 Å². The number of hydrogen-bond acceptors (Lipinski definition) is 3. The minimum atomic E-state index is -0.146. The van der Waals surface area contributed by atoms with Crippen LogP contribution in [0.4, 0.5) is 0 Å². The molecule has 0 radical (unpaired) electrons. The summed E-state index contributed by atoms with van der Waals surface area (Å²) in [4.78, 5) is 4.56. The van der Waals surface area contributed by atoms with Crippen LogP contribution in [0.2, 0.25) is 0 Å². The number of aliphatic hydroxyl groups excluding tert-OH is 1. The molecule has 3 unspecified atom stereocenters. The highest BCUT2D eigenvalue weighted by Gasteiger charge is 2.41. The molecule has 3 aliphatic rings. The molecule has 13 heavy (non-hydrogen) atoms. The van der Waals surface area contributed by atoms with Crippen LogP contribution < -0.4 is 0 Å². The Kier molecular flexibility index (Phi) is 1.62. The predicted octanol–water partition coefficient (Wildman–Crippen LogP) is 1.11. The summed E-state index contributed by atoms with van der Waals surface area (Å²) >= 11 is 0. The summed E-state index contributed by atoms with van der Waals surface area (Å²) in [6, 6.07) is 0.263. The normalized spacial score (nSPS) is 43.8. The van der Waals surface area contributed by atoms with Crippen molar-refractivity contribution in [3.63, 3.8) is 0 Å². The molecule has 1 N–H and O–H groups in total. The van der Waals surface area contributed by atoms with Crippen LogP contribution in [0.3, 0.4) is 0 Å². The molecule has 2 aliphatic carbocycles. The highest BCUT2D eigenvalue weighted by Crippen LogP contribution is 2.38. The van der Waals surface area contributed by atoms with E-state index in [0.717, 1.165) is 25.2 Å². The molecule has 2 saturated carbocycles. The van der Waals surface area contributed by atoms with E-state index in [-0.39, 0.29) is 12.1 Å². The lowest BCUT2D eigenvalue weighted by molar-refractivity contribution is 0.0610. The zero-order valence-corrected chi connectivity index (χ0v) is 7.65. The van der Waals surface area contributed by atoms with Crippen molar-refractivity contribution in [2.75, 3.05) is 0 Å². The first-order chi connectivity index (χ1) is 6.33. The highest BCUT2D eigenvalue weighted by atomic mass is 16.5. The SMILES string of the molecule is OC1CCC2OC(C3CC3)=NC2C1. The zero-order valence-electron chi connectivity index (χ0n) is 7.65. The first-order valence-electron chi connectivity index (χ1n) is 5.25. The fraction of sp³-hybridized carbons (Fsp3) is 0.900. The average molecular weight is 181 g/mol. The highest BCUT2D eigenvalue weighted by molar-refractivity contribution is 5.82. The molecule has 1 aliphatic heterocycles. The van der Waals surface area contributed by atoms with E-state index in [1.54, 1.807) is 0 Å². The van der Waals surface area contributed by atoms with Crippen molar-refractivity contribution in [2.24, 2.45) is 10.9 Å². The summed E-state index contributed by atoms with van der Waals surface area (Å²) < 4.78 is 5.78. The Morgan fingerprint density at radius 3 is 2.85 bits per heavy atom. The van der Waals surface area contributed by atoms with Crippen LogP contribution in [-0.4, -0.2) is 29.3 Å². The van der Waals surface area contributed by atoms with Gasteiger partial charge >= 0.3 is 0 Å². The Morgan fingerprint density at radius 2 is 2.08 bits per heavy atom. The maximum atomic E-state index is 9.47. The van der Waals surface area contributed by atoms with E-state index in [4.69, 9.17) is 4.74 Å². The molecule has 3 nitrogen and oxygen atoms in total. The minimum Gasteiger partial charge on any atom is -0.475 e. The molecule has 0 aromatic carbocycles. The number of rotatable bonds is 1. The van der Waals surface area contributed by atoms with Gasteiger partial charge in [0, 0.05) is 5.92 Å². The van der Waals surface area contributed by atoms with Gasteiger partial charge in [0.15, 0.2) is 5.90 Å². The lowest BCUT2D eigenvalue weighted by atomic mass is 9.91. The lowest BCUT2D eigenvalue weighted by Crippen LogP contribution is -2.33. The van der Waals surface area contributed by atoms with Crippen molar-refractivity contribution in [3.8, 4) is 0 Å². The molecule has 2 fully saturated rings. The van der Waals surface area contributed by atoms with E-state index < -0.39 is 0 Å². The third-order valence-electron chi connectivity index (χ3n) is 3.22. The summed E-state index contributed by atoms with van der Waals surface area (Å²) in [6.07, 6.45) is 5.31. The fourth-order valence-corrected chi connectivity index (χ4v) is 2.25. The molecular weight excluding hydrogens is 166 g/mol. The monoisotopic (exact) mass is 181 g/mol. The van der Waals surface area contributed by atoms with Crippen LogP contribution in [0.25, 0.3) is 0 Å². The maximum absolute atomic E-state index is 9.47. The first kappa shape index (κ1) is 7.80. The van der Waals surface area contributed by atoms with Crippen LogP contribution in [0.5, 0.6) is 0 Å². The van der Waals surface area contributed by atoms with E-state index in [0.29, 0.717) is 12.0 Å². The molecule has 72 valence electrons. The molecule has 0 aromatic rings. The molecular formula is C10H15NO2. The molecule has 0 saturated heterocycles. The van der Waals surface area contributed by atoms with Crippen molar-refractivity contribution in [1.29, 1.82) is 0 Å². The van der Waals surface area contributed by atoms with Gasteiger partial charge in [-0.05, 0) is 32.1 Å². The predicted molar refractivity (Wildman–Crippen MR) is 48.7 cm³/mol. The van der Waals surface area contributed by atoms with Crippen LogP contribution >= 0.6 is 0 Å². The standard InChI is InChI=1S/C10H15NO2/c12-7-3-4-9-8(5-7)11-10(13-9)6-1-2-6/h6-9,12H,1-5H2. The second kappa shape index (κ2) is 2.71. The lowest BCUT2D eigenvalue weighted by Gasteiger charge is -2.26. The van der Waals surface area contributed by atoms with Crippen molar-refractivity contribution in [2.45, 2.75) is 50.4 Å². The van der Waals surface area contributed by atoms with Gasteiger partial charge in [0.2, 0.25) is 0 Å². The number of ether oxygens (including phenoxy) is 1. The van der Waals surface area contributed by atoms with Gasteiger partial charge in [-0.1, -0.05) is 0 Å². The summed E-state index contributed by atoms with van der Waals surface area (Å²) in [5, 5.41) is 9.47. The summed E-state index contributed by atoms with van der Waals surface area (Å²) in [7, 11) is 0. The van der Waals surface area contributed by atoms with Gasteiger partial charge in [0.1, 0.15) is 6.10 Å². The minimum absolute atomic E-state index is 0.146. The Balaban J connectivity index is 1.72. The Labute approximate surface area is 77.8 Å². The summed E-state index contributed by atoms with van der Waals surface area (Å²) in [5.41, 5.74) is 0. The van der Waals surface area contributed by atoms with Gasteiger partial charge in [0.25, 0.3) is 0 Å². The average Bonchev–Trinajstić information content (AvgIpc) is 2.87. The van der Waals surface area contributed by atoms with Crippen molar-refractivity contribution < 1.29 is 9.84 Å². The van der Waals surface area contributed by atoms with E-state index in [9.17, 15) is 5.11 Å². The van der Waals surface area contributed by atoms with Crippen LogP contribution in [0.1, 0.15) is 32.1 Å². The third kappa shape index (κ3) is 1.35. The molecule has 1 heterocycles. The molecule has 0 spiro atoms. The molecule has 0 amide bonds. The van der Waals surface area contributed by atoms with Crippen molar-refractivity contribution >= 4 is 5.90 Å². The van der Waals surface area contributed by atoms with Crippen LogP contribution in [0.15, 0.2) is 4.99 Å². The van der Waals surface area contributed by atoms with Gasteiger partial charge in [-0.3, -0.25) is 0 Å². The largest absolute Gasteiger partial charge is 0.475 e. The van der Waals surface area contributed by atoms with E-state index >= 15 is 0 Å². The van der Waals surface area contributed by atoms with Crippen molar-refractivity contribution in [3.05, 3.63) is 0 Å². The molecule has 3 rings (SSSR count). The van der Waals surface area contributed by atoms with Gasteiger partial charge < -0.3 is 9.84 Å². The number of fused-ring (bicyclic) bond motifs is 1. The molecule has 0 bridgehead atoms. The second-order valence-corrected chi connectivity index (χ2v) is 4.43. The fourth-order valence-electron chi connectivity index (χ4n) is 2.25. The molecule has 3 heteroatoms. The Morgan fingerprint density at radius 1 is 1.23 bits per heavy atom. The van der Waals surface area contributed by atoms with Gasteiger partial charge in [-0.2, -0.15) is 0 Å². The van der Waals surface area contributed by atoms with Crippen molar-refractivity contribution in [1.82, 2.24) is 0 Å². The summed E-state index contributed by atoms with van der Waals surface area (Å²) in [6.45, 7) is 0. The Bertz CT molecular complexity index is 247. The van der Waals surface area contributed by atoms with Gasteiger partial charge in [-0.15, -0.1) is 0 Å².